The van der Waals surface area contributed by atoms with Crippen molar-refractivity contribution in [2.24, 2.45) is 0 Å². The molecule has 0 aliphatic carbocycles. The van der Waals surface area contributed by atoms with E-state index in [-0.39, 0.29) is 18.8 Å². The number of aromatic nitrogens is 1. The van der Waals surface area contributed by atoms with Crippen LogP contribution in [-0.2, 0) is 4.74 Å². The Labute approximate surface area is 110 Å². The lowest BCUT2D eigenvalue weighted by atomic mass is 10.2. The summed E-state index contributed by atoms with van der Waals surface area (Å²) in [6, 6.07) is 1.43. The van der Waals surface area contributed by atoms with Crippen LogP contribution in [0.15, 0.2) is 12.3 Å². The number of hydrogen-bond acceptors (Lipinski definition) is 5. The van der Waals surface area contributed by atoms with E-state index in [0.29, 0.717) is 0 Å². The van der Waals surface area contributed by atoms with Crippen molar-refractivity contribution in [2.75, 3.05) is 6.61 Å². The molecule has 2 N–H and O–H groups in total. The highest BCUT2D eigenvalue weighted by atomic mass is 127. The van der Waals surface area contributed by atoms with Gasteiger partial charge in [-0.3, -0.25) is 0 Å². The standard InChI is InChI=1S/C9H11IN2O5/c10-5-1-8(12(15)16)11(3-5)9-2-6(14)7(4-13)17-9/h1,3,6-7,9,13-14H,2,4H2/t6-,7+,9+/m0/s1. The highest BCUT2D eigenvalue weighted by molar-refractivity contribution is 14.1. The Hall–Kier alpha value is -0.710. The fraction of sp³-hybridized carbons (Fsp3) is 0.556. The molecule has 0 aromatic carbocycles. The normalized spacial score (nSPS) is 28.5. The molecule has 17 heavy (non-hydrogen) atoms. The van der Waals surface area contributed by atoms with Crippen LogP contribution in [0.3, 0.4) is 0 Å². The van der Waals surface area contributed by atoms with Crippen molar-refractivity contribution in [1.82, 2.24) is 4.57 Å². The molecule has 0 spiro atoms. The molecule has 1 aliphatic rings. The second kappa shape index (κ2) is 4.88. The van der Waals surface area contributed by atoms with Crippen LogP contribution < -0.4 is 0 Å². The van der Waals surface area contributed by atoms with E-state index in [1.807, 2.05) is 22.6 Å². The van der Waals surface area contributed by atoms with Crippen LogP contribution in [0.4, 0.5) is 5.82 Å². The van der Waals surface area contributed by atoms with Gasteiger partial charge in [0.15, 0.2) is 0 Å². The van der Waals surface area contributed by atoms with Gasteiger partial charge >= 0.3 is 5.82 Å². The van der Waals surface area contributed by atoms with E-state index in [0.717, 1.165) is 3.57 Å². The first kappa shape index (κ1) is 12.7. The van der Waals surface area contributed by atoms with Crippen LogP contribution in [0.25, 0.3) is 0 Å². The topological polar surface area (TPSA) is 97.8 Å². The Morgan fingerprint density at radius 1 is 1.71 bits per heavy atom. The molecule has 94 valence electrons. The van der Waals surface area contributed by atoms with Gasteiger partial charge in [0.1, 0.15) is 12.3 Å². The summed E-state index contributed by atoms with van der Waals surface area (Å²) in [4.78, 5) is 10.3. The Morgan fingerprint density at radius 3 is 2.94 bits per heavy atom. The predicted molar refractivity (Wildman–Crippen MR) is 65.4 cm³/mol. The molecular weight excluding hydrogens is 343 g/mol. The summed E-state index contributed by atoms with van der Waals surface area (Å²) >= 11 is 1.97. The number of aliphatic hydroxyl groups excluding tert-OH is 2. The third-order valence-corrected chi connectivity index (χ3v) is 3.27. The van der Waals surface area contributed by atoms with Gasteiger partial charge in [0, 0.05) is 12.5 Å². The SMILES string of the molecule is O=[N+]([O-])c1cc(I)cn1[C@H]1C[C@H](O)[C@@H](CO)O1. The largest absolute Gasteiger partial charge is 0.394 e. The Bertz CT molecular complexity index is 435. The number of nitrogens with zero attached hydrogens (tertiary/aromatic N) is 2. The van der Waals surface area contributed by atoms with E-state index >= 15 is 0 Å². The fourth-order valence-electron chi connectivity index (χ4n) is 1.86. The zero-order valence-corrected chi connectivity index (χ0v) is 10.9. The maximum absolute atomic E-state index is 10.8. The molecule has 3 atom stereocenters. The number of ether oxygens (including phenoxy) is 1. The third-order valence-electron chi connectivity index (χ3n) is 2.68. The summed E-state index contributed by atoms with van der Waals surface area (Å²) in [6.07, 6.45) is -0.262. The van der Waals surface area contributed by atoms with Crippen molar-refractivity contribution < 1.29 is 19.9 Å². The Kier molecular flexibility index (Phi) is 3.66. The van der Waals surface area contributed by atoms with Crippen molar-refractivity contribution in [3.05, 3.63) is 25.9 Å². The highest BCUT2D eigenvalue weighted by Gasteiger charge is 2.38. The Morgan fingerprint density at radius 2 is 2.41 bits per heavy atom. The number of halogens is 1. The second-order valence-corrected chi connectivity index (χ2v) is 5.04. The van der Waals surface area contributed by atoms with Crippen molar-refractivity contribution in [2.45, 2.75) is 24.9 Å². The minimum atomic E-state index is -0.801. The second-order valence-electron chi connectivity index (χ2n) is 3.80. The van der Waals surface area contributed by atoms with Crippen molar-refractivity contribution in [3.63, 3.8) is 0 Å². The fourth-order valence-corrected chi connectivity index (χ4v) is 2.44. The van der Waals surface area contributed by atoms with Gasteiger partial charge in [-0.25, -0.2) is 4.57 Å². The molecule has 1 saturated heterocycles. The van der Waals surface area contributed by atoms with Gasteiger partial charge in [0.05, 0.1) is 16.3 Å². The average molecular weight is 354 g/mol. The lowest BCUT2D eigenvalue weighted by molar-refractivity contribution is -0.393. The summed E-state index contributed by atoms with van der Waals surface area (Å²) in [7, 11) is 0. The molecule has 1 aromatic rings. The first-order valence-electron chi connectivity index (χ1n) is 4.99. The number of nitro groups is 1. The summed E-state index contributed by atoms with van der Waals surface area (Å²) in [5.74, 6) is -0.0785. The van der Waals surface area contributed by atoms with Gasteiger partial charge in [-0.15, -0.1) is 0 Å². The average Bonchev–Trinajstić information content (AvgIpc) is 2.81. The van der Waals surface area contributed by atoms with E-state index in [9.17, 15) is 15.2 Å². The van der Waals surface area contributed by atoms with Crippen LogP contribution in [0, 0.1) is 13.7 Å². The quantitative estimate of drug-likeness (QED) is 0.472. The molecule has 0 bridgehead atoms. The van der Waals surface area contributed by atoms with Gasteiger partial charge < -0.3 is 25.1 Å². The first-order chi connectivity index (χ1) is 8.02. The lowest BCUT2D eigenvalue weighted by Gasteiger charge is -2.10. The van der Waals surface area contributed by atoms with E-state index in [1.54, 1.807) is 6.20 Å². The van der Waals surface area contributed by atoms with Crippen LogP contribution in [0.5, 0.6) is 0 Å². The number of hydrogen-bond donors (Lipinski definition) is 2. The molecule has 0 amide bonds. The molecule has 1 aliphatic heterocycles. The van der Waals surface area contributed by atoms with Crippen LogP contribution in [0.2, 0.25) is 0 Å². The minimum Gasteiger partial charge on any atom is -0.394 e. The zero-order chi connectivity index (χ0) is 12.6. The molecule has 0 unspecified atom stereocenters. The third kappa shape index (κ3) is 2.44. The lowest BCUT2D eigenvalue weighted by Crippen LogP contribution is -2.24. The van der Waals surface area contributed by atoms with E-state index < -0.39 is 23.4 Å². The molecule has 8 heteroatoms. The van der Waals surface area contributed by atoms with Gasteiger partial charge in [-0.2, -0.15) is 0 Å². The minimum absolute atomic E-state index is 0.0785. The van der Waals surface area contributed by atoms with E-state index in [2.05, 4.69) is 0 Å². The van der Waals surface area contributed by atoms with Crippen LogP contribution >= 0.6 is 22.6 Å². The van der Waals surface area contributed by atoms with E-state index in [1.165, 1.54) is 10.6 Å². The molecule has 7 nitrogen and oxygen atoms in total. The molecule has 1 aromatic heterocycles. The summed E-state index contributed by atoms with van der Waals surface area (Å²) < 4.78 is 7.47. The van der Waals surface area contributed by atoms with Gasteiger partial charge in [0.25, 0.3) is 0 Å². The van der Waals surface area contributed by atoms with Crippen LogP contribution in [0.1, 0.15) is 12.6 Å². The maximum atomic E-state index is 10.8. The van der Waals surface area contributed by atoms with Gasteiger partial charge in [0.2, 0.25) is 6.23 Å². The Balaban J connectivity index is 2.26. The molecule has 0 radical (unpaired) electrons. The summed E-state index contributed by atoms with van der Waals surface area (Å²) in [6.45, 7) is -0.302. The maximum Gasteiger partial charge on any atom is 0.326 e. The first-order valence-corrected chi connectivity index (χ1v) is 6.07. The predicted octanol–water partition coefficient (Wildman–Crippen LogP) is 0.642. The number of rotatable bonds is 3. The molecule has 2 heterocycles. The van der Waals surface area contributed by atoms with Gasteiger partial charge in [-0.05, 0) is 27.5 Å². The molecule has 2 rings (SSSR count). The van der Waals surface area contributed by atoms with Crippen LogP contribution in [-0.4, -0.2) is 38.5 Å². The molecule has 0 saturated carbocycles. The van der Waals surface area contributed by atoms with E-state index in [4.69, 9.17) is 9.84 Å². The zero-order valence-electron chi connectivity index (χ0n) is 8.69. The van der Waals surface area contributed by atoms with Crippen molar-refractivity contribution >= 4 is 28.4 Å². The van der Waals surface area contributed by atoms with Crippen molar-refractivity contribution in [1.29, 1.82) is 0 Å². The molecule has 1 fully saturated rings. The summed E-state index contributed by atoms with van der Waals surface area (Å²) in [5, 5.41) is 29.4. The monoisotopic (exact) mass is 354 g/mol. The van der Waals surface area contributed by atoms with Crippen molar-refractivity contribution in [3.8, 4) is 0 Å². The highest BCUT2D eigenvalue weighted by Crippen LogP contribution is 2.33. The number of aliphatic hydroxyl groups is 2. The summed E-state index contributed by atoms with van der Waals surface area (Å²) in [5.41, 5.74) is 0. The smallest absolute Gasteiger partial charge is 0.326 e. The van der Waals surface area contributed by atoms with Gasteiger partial charge in [-0.1, -0.05) is 0 Å². The molecular formula is C9H11IN2O5.